The Balaban J connectivity index is 1.86. The van der Waals surface area contributed by atoms with Crippen LogP contribution in [0.4, 0.5) is 13.2 Å². The molecule has 8 heteroatoms. The molecule has 1 heterocycles. The number of benzene rings is 1. The molecule has 0 bridgehead atoms. The second-order valence-electron chi connectivity index (χ2n) is 6.19. The van der Waals surface area contributed by atoms with E-state index in [2.05, 4.69) is 10.6 Å². The molecule has 0 radical (unpaired) electrons. The zero-order chi connectivity index (χ0) is 19.0. The summed E-state index contributed by atoms with van der Waals surface area (Å²) in [5, 5.41) is 5.48. The number of alkyl halides is 3. The number of nitrogens with zero attached hydrogens (tertiary/aromatic N) is 1. The van der Waals surface area contributed by atoms with Crippen molar-refractivity contribution in [3.63, 3.8) is 0 Å². The molecule has 0 aromatic heterocycles. The van der Waals surface area contributed by atoms with Gasteiger partial charge in [0.2, 0.25) is 5.91 Å². The number of rotatable bonds is 8. The summed E-state index contributed by atoms with van der Waals surface area (Å²) >= 11 is 0. The van der Waals surface area contributed by atoms with Crippen LogP contribution in [-0.2, 0) is 11.2 Å². The number of aryl methyl sites for hydroxylation is 1. The van der Waals surface area contributed by atoms with E-state index in [1.54, 1.807) is 0 Å². The minimum atomic E-state index is -4.37. The van der Waals surface area contributed by atoms with Crippen molar-refractivity contribution >= 4 is 5.91 Å². The molecule has 1 aliphatic heterocycles. The number of piperazine rings is 1. The first-order chi connectivity index (χ1) is 12.4. The summed E-state index contributed by atoms with van der Waals surface area (Å²) in [6.45, 7) is 3.65. The van der Waals surface area contributed by atoms with Gasteiger partial charge in [0.1, 0.15) is 11.8 Å². The second-order valence-corrected chi connectivity index (χ2v) is 6.19. The number of ether oxygens (including phenoxy) is 1. The molecule has 0 aliphatic carbocycles. The van der Waals surface area contributed by atoms with Crippen molar-refractivity contribution in [1.29, 1.82) is 0 Å². The van der Waals surface area contributed by atoms with Gasteiger partial charge in [0, 0.05) is 39.1 Å². The lowest BCUT2D eigenvalue weighted by atomic mass is 10.1. The number of nitrogens with one attached hydrogen (secondary N) is 2. The van der Waals surface area contributed by atoms with Crippen LogP contribution in [0.2, 0.25) is 0 Å². The monoisotopic (exact) mass is 373 g/mol. The van der Waals surface area contributed by atoms with E-state index in [4.69, 9.17) is 4.74 Å². The van der Waals surface area contributed by atoms with E-state index in [1.807, 2.05) is 31.2 Å². The van der Waals surface area contributed by atoms with Crippen LogP contribution in [0, 0.1) is 0 Å². The summed E-state index contributed by atoms with van der Waals surface area (Å²) in [6, 6.07) is 5.72. The molecule has 1 amide bonds. The van der Waals surface area contributed by atoms with Gasteiger partial charge < -0.3 is 15.4 Å². The smallest absolute Gasteiger partial charge is 0.405 e. The summed E-state index contributed by atoms with van der Waals surface area (Å²) in [5.74, 6) is 0.317. The maximum Gasteiger partial charge on any atom is 0.405 e. The van der Waals surface area contributed by atoms with E-state index in [-0.39, 0.29) is 12.3 Å². The fraction of sp³-hybridized carbons (Fsp3) is 0.611. The molecular weight excluding hydrogens is 347 g/mol. The maximum atomic E-state index is 13.3. The molecular formula is C18H26F3N3O2. The van der Waals surface area contributed by atoms with Crippen LogP contribution >= 0.6 is 0 Å². The third-order valence-electron chi connectivity index (χ3n) is 4.36. The molecule has 5 nitrogen and oxygen atoms in total. The highest BCUT2D eigenvalue weighted by atomic mass is 19.4. The Labute approximate surface area is 151 Å². The van der Waals surface area contributed by atoms with Gasteiger partial charge in [-0.2, -0.15) is 13.2 Å². The fourth-order valence-corrected chi connectivity index (χ4v) is 3.00. The van der Waals surface area contributed by atoms with Crippen molar-refractivity contribution in [3.05, 3.63) is 29.8 Å². The highest BCUT2D eigenvalue weighted by Gasteiger charge is 2.43. The van der Waals surface area contributed by atoms with Crippen molar-refractivity contribution in [2.24, 2.45) is 0 Å². The molecule has 1 unspecified atom stereocenters. The van der Waals surface area contributed by atoms with Gasteiger partial charge in [-0.3, -0.25) is 9.69 Å². The van der Waals surface area contributed by atoms with Crippen molar-refractivity contribution in [3.8, 4) is 5.75 Å². The summed E-state index contributed by atoms with van der Waals surface area (Å²) in [4.78, 5) is 13.4. The fourth-order valence-electron chi connectivity index (χ4n) is 3.00. The Morgan fingerprint density at radius 2 is 2.00 bits per heavy atom. The minimum Gasteiger partial charge on any atom is -0.494 e. The Bertz CT molecular complexity index is 575. The van der Waals surface area contributed by atoms with Crippen molar-refractivity contribution in [2.45, 2.75) is 32.0 Å². The molecule has 146 valence electrons. The van der Waals surface area contributed by atoms with Gasteiger partial charge in [0.25, 0.3) is 0 Å². The van der Waals surface area contributed by atoms with Gasteiger partial charge in [0.05, 0.1) is 6.61 Å². The van der Waals surface area contributed by atoms with Gasteiger partial charge >= 0.3 is 6.18 Å². The van der Waals surface area contributed by atoms with E-state index < -0.39 is 18.8 Å². The number of carbonyl (C=O) groups excluding carboxylic acids is 1. The van der Waals surface area contributed by atoms with E-state index >= 15 is 0 Å². The molecule has 1 aromatic rings. The minimum absolute atomic E-state index is 0.121. The lowest BCUT2D eigenvalue weighted by Crippen LogP contribution is -2.57. The quantitative estimate of drug-likeness (QED) is 0.732. The number of amides is 1. The number of para-hydroxylation sites is 1. The number of halogens is 3. The molecule has 1 atom stereocenters. The van der Waals surface area contributed by atoms with Crippen LogP contribution in [0.25, 0.3) is 0 Å². The predicted octanol–water partition coefficient (Wildman–Crippen LogP) is 1.97. The summed E-state index contributed by atoms with van der Waals surface area (Å²) in [6.07, 6.45) is -3.82. The summed E-state index contributed by atoms with van der Waals surface area (Å²) < 4.78 is 45.4. The Morgan fingerprint density at radius 3 is 2.65 bits per heavy atom. The molecule has 1 fully saturated rings. The Kier molecular flexibility index (Phi) is 7.71. The van der Waals surface area contributed by atoms with Crippen LogP contribution in [-0.4, -0.2) is 62.4 Å². The predicted molar refractivity (Wildman–Crippen MR) is 93.2 cm³/mol. The zero-order valence-electron chi connectivity index (χ0n) is 14.9. The molecule has 1 aromatic carbocycles. The van der Waals surface area contributed by atoms with Crippen molar-refractivity contribution in [1.82, 2.24) is 15.5 Å². The van der Waals surface area contributed by atoms with Crippen LogP contribution in [0.3, 0.4) is 0 Å². The molecule has 1 aliphatic rings. The lowest BCUT2D eigenvalue weighted by molar-refractivity contribution is -0.184. The first-order valence-electron chi connectivity index (χ1n) is 8.90. The van der Waals surface area contributed by atoms with E-state index in [1.165, 1.54) is 4.90 Å². The summed E-state index contributed by atoms with van der Waals surface area (Å²) in [7, 11) is 0. The van der Waals surface area contributed by atoms with Crippen LogP contribution < -0.4 is 15.4 Å². The van der Waals surface area contributed by atoms with E-state index in [0.29, 0.717) is 45.0 Å². The maximum absolute atomic E-state index is 13.3. The molecule has 1 saturated heterocycles. The zero-order valence-corrected chi connectivity index (χ0v) is 14.9. The van der Waals surface area contributed by atoms with Crippen LogP contribution in [0.1, 0.15) is 18.9 Å². The highest BCUT2D eigenvalue weighted by molar-refractivity contribution is 5.76. The van der Waals surface area contributed by atoms with Gasteiger partial charge in [0.15, 0.2) is 0 Å². The topological polar surface area (TPSA) is 53.6 Å². The highest BCUT2D eigenvalue weighted by Crippen LogP contribution is 2.25. The standard InChI is InChI=1S/C18H26F3N3O2/c1-2-26-15-6-4-3-5-14(15)7-8-17(25)23-13-16(18(19,20)21)24-11-9-22-10-12-24/h3-6,16,22H,2,7-13H2,1H3,(H,23,25). The van der Waals surface area contributed by atoms with Crippen LogP contribution in [0.5, 0.6) is 5.75 Å². The first-order valence-corrected chi connectivity index (χ1v) is 8.90. The summed E-state index contributed by atoms with van der Waals surface area (Å²) in [5.41, 5.74) is 0.874. The molecule has 26 heavy (non-hydrogen) atoms. The van der Waals surface area contributed by atoms with Crippen molar-refractivity contribution in [2.75, 3.05) is 39.3 Å². The SMILES string of the molecule is CCOc1ccccc1CCC(=O)NCC(N1CCNCC1)C(F)(F)F. The van der Waals surface area contributed by atoms with Gasteiger partial charge in [-0.25, -0.2) is 0 Å². The Morgan fingerprint density at radius 1 is 1.31 bits per heavy atom. The Hall–Kier alpha value is -1.80. The first kappa shape index (κ1) is 20.5. The molecule has 2 N–H and O–H groups in total. The number of hydrogen-bond donors (Lipinski definition) is 2. The van der Waals surface area contributed by atoms with Gasteiger partial charge in [-0.05, 0) is 25.0 Å². The van der Waals surface area contributed by atoms with Gasteiger partial charge in [-0.15, -0.1) is 0 Å². The van der Waals surface area contributed by atoms with E-state index in [0.717, 1.165) is 5.56 Å². The van der Waals surface area contributed by atoms with Gasteiger partial charge in [-0.1, -0.05) is 18.2 Å². The number of hydrogen-bond acceptors (Lipinski definition) is 4. The van der Waals surface area contributed by atoms with Crippen molar-refractivity contribution < 1.29 is 22.7 Å². The average molecular weight is 373 g/mol. The molecule has 0 saturated carbocycles. The molecule has 2 rings (SSSR count). The van der Waals surface area contributed by atoms with E-state index in [9.17, 15) is 18.0 Å². The second kappa shape index (κ2) is 9.78. The van der Waals surface area contributed by atoms with Crippen LogP contribution in [0.15, 0.2) is 24.3 Å². The third kappa shape index (κ3) is 6.17. The largest absolute Gasteiger partial charge is 0.494 e. The number of carbonyl (C=O) groups is 1. The average Bonchev–Trinajstić information content (AvgIpc) is 2.61. The third-order valence-corrected chi connectivity index (χ3v) is 4.36. The normalized spacial score (nSPS) is 16.9. The molecule has 0 spiro atoms. The lowest BCUT2D eigenvalue weighted by Gasteiger charge is -2.35.